The molecule has 0 unspecified atom stereocenters. The lowest BCUT2D eigenvalue weighted by Gasteiger charge is -2.32. The van der Waals surface area contributed by atoms with E-state index in [2.05, 4.69) is 129 Å². The molecule has 0 radical (unpaired) electrons. The molecule has 0 saturated carbocycles. The number of rotatable bonds is 2. The minimum Gasteiger partial charge on any atom is -0.456 e. The van der Waals surface area contributed by atoms with Crippen LogP contribution in [0.15, 0.2) is 101 Å². The molecule has 0 aliphatic carbocycles. The Kier molecular flexibility index (Phi) is 4.39. The van der Waals surface area contributed by atoms with Gasteiger partial charge in [0.1, 0.15) is 11.2 Å². The van der Waals surface area contributed by atoms with Gasteiger partial charge in [0.05, 0.1) is 33.1 Å². The topological polar surface area (TPSA) is 36.0 Å². The van der Waals surface area contributed by atoms with Crippen LogP contribution in [0.5, 0.6) is 0 Å². The summed E-state index contributed by atoms with van der Waals surface area (Å²) in [7, 11) is -0.390. The molecule has 0 spiro atoms. The Labute approximate surface area is 237 Å². The lowest BCUT2D eigenvalue weighted by molar-refractivity contribution is 0.00578. The zero-order valence-electron chi connectivity index (χ0n) is 23.5. The Morgan fingerprint density at radius 2 is 1.20 bits per heavy atom. The SMILES string of the molecule is CC1(C)OB(c2ccc(-c3ccc4oc5cccc6c7cccc8c9ccccc9n(c3c4c56)c78)cc2)OC1(C)C. The van der Waals surface area contributed by atoms with Gasteiger partial charge >= 0.3 is 7.12 Å². The van der Waals surface area contributed by atoms with Gasteiger partial charge in [0.15, 0.2) is 0 Å². The highest BCUT2D eigenvalue weighted by molar-refractivity contribution is 6.62. The summed E-state index contributed by atoms with van der Waals surface area (Å²) >= 11 is 0. The molecular weight excluding hydrogens is 505 g/mol. The summed E-state index contributed by atoms with van der Waals surface area (Å²) in [6, 6.07) is 34.8. The molecule has 41 heavy (non-hydrogen) atoms. The zero-order valence-corrected chi connectivity index (χ0v) is 23.5. The molecule has 1 fully saturated rings. The van der Waals surface area contributed by atoms with Crippen molar-refractivity contribution in [2.75, 3.05) is 0 Å². The molecule has 4 nitrogen and oxygen atoms in total. The summed E-state index contributed by atoms with van der Waals surface area (Å²) in [5.74, 6) is 0. The maximum absolute atomic E-state index is 6.48. The fraction of sp³-hybridized carbons (Fsp3) is 0.167. The number of nitrogens with zero attached hydrogens (tertiary/aromatic N) is 1. The second kappa shape index (κ2) is 7.70. The van der Waals surface area contributed by atoms with Crippen molar-refractivity contribution in [3.05, 3.63) is 97.1 Å². The molecule has 5 aromatic carbocycles. The van der Waals surface area contributed by atoms with Crippen LogP contribution in [0, 0.1) is 0 Å². The van der Waals surface area contributed by atoms with Gasteiger partial charge in [0.25, 0.3) is 0 Å². The molecule has 0 N–H and O–H groups in total. The largest absolute Gasteiger partial charge is 0.494 e. The molecule has 0 atom stereocenters. The summed E-state index contributed by atoms with van der Waals surface area (Å²) in [5, 5.41) is 7.28. The summed E-state index contributed by atoms with van der Waals surface area (Å²) in [5.41, 5.74) is 7.98. The molecule has 1 aliphatic heterocycles. The standard InChI is InChI=1S/C36H28BNO3/c1-35(2)36(3,4)41-37(40-35)22-17-15-21(16-18-22)23-19-20-30-32-31-25(10-8-14-29(31)39-30)27-12-7-11-26-24-9-5-6-13-28(24)38(33(26)27)34(23)32/h5-20H,1-4H3. The van der Waals surface area contributed by atoms with Crippen molar-refractivity contribution in [2.24, 2.45) is 0 Å². The van der Waals surface area contributed by atoms with Crippen LogP contribution in [-0.2, 0) is 9.31 Å². The molecular formula is C36H28BNO3. The second-order valence-corrected chi connectivity index (χ2v) is 12.4. The molecule has 198 valence electrons. The normalized spacial score (nSPS) is 16.9. The highest BCUT2D eigenvalue weighted by Crippen LogP contribution is 2.45. The van der Waals surface area contributed by atoms with Crippen molar-refractivity contribution in [1.29, 1.82) is 0 Å². The van der Waals surface area contributed by atoms with Crippen LogP contribution in [0.1, 0.15) is 27.7 Å². The van der Waals surface area contributed by atoms with E-state index < -0.39 is 7.12 Å². The highest BCUT2D eigenvalue weighted by atomic mass is 16.7. The number of furan rings is 1. The minimum absolute atomic E-state index is 0.377. The second-order valence-electron chi connectivity index (χ2n) is 12.4. The Morgan fingerprint density at radius 3 is 1.98 bits per heavy atom. The molecule has 0 bridgehead atoms. The molecule has 5 heteroatoms. The van der Waals surface area contributed by atoms with Gasteiger partial charge in [-0.15, -0.1) is 0 Å². The number of hydrogen-bond acceptors (Lipinski definition) is 3. The smallest absolute Gasteiger partial charge is 0.456 e. The Hall–Kier alpha value is -4.32. The molecule has 1 saturated heterocycles. The van der Waals surface area contributed by atoms with Gasteiger partial charge < -0.3 is 18.1 Å². The van der Waals surface area contributed by atoms with E-state index in [0.29, 0.717) is 0 Å². The lowest BCUT2D eigenvalue weighted by Crippen LogP contribution is -2.41. The number of benzene rings is 5. The fourth-order valence-corrected chi connectivity index (χ4v) is 6.85. The first-order valence-electron chi connectivity index (χ1n) is 14.3. The van der Waals surface area contributed by atoms with Crippen LogP contribution in [-0.4, -0.2) is 22.7 Å². The maximum Gasteiger partial charge on any atom is 0.494 e. The minimum atomic E-state index is -0.390. The van der Waals surface area contributed by atoms with Crippen LogP contribution in [0.25, 0.3) is 71.2 Å². The first-order valence-corrected chi connectivity index (χ1v) is 14.3. The monoisotopic (exact) mass is 533 g/mol. The van der Waals surface area contributed by atoms with Gasteiger partial charge in [-0.1, -0.05) is 72.8 Å². The van der Waals surface area contributed by atoms with Crippen molar-refractivity contribution < 1.29 is 13.7 Å². The van der Waals surface area contributed by atoms with Crippen LogP contribution >= 0.6 is 0 Å². The Morgan fingerprint density at radius 1 is 0.561 bits per heavy atom. The van der Waals surface area contributed by atoms with Gasteiger partial charge in [-0.25, -0.2) is 0 Å². The lowest BCUT2D eigenvalue weighted by atomic mass is 9.78. The highest BCUT2D eigenvalue weighted by Gasteiger charge is 2.51. The Balaban J connectivity index is 1.39. The van der Waals surface area contributed by atoms with E-state index in [1.807, 2.05) is 0 Å². The maximum atomic E-state index is 6.48. The van der Waals surface area contributed by atoms with E-state index in [-0.39, 0.29) is 11.2 Å². The quantitative estimate of drug-likeness (QED) is 0.209. The average molecular weight is 533 g/mol. The predicted molar refractivity (Wildman–Crippen MR) is 170 cm³/mol. The van der Waals surface area contributed by atoms with Gasteiger partial charge in [0.2, 0.25) is 0 Å². The number of fused-ring (bicyclic) bond motifs is 5. The number of hydrogen-bond donors (Lipinski definition) is 0. The van der Waals surface area contributed by atoms with Gasteiger partial charge in [-0.05, 0) is 68.4 Å². The zero-order chi connectivity index (χ0) is 27.7. The predicted octanol–water partition coefficient (Wildman–Crippen LogP) is 8.70. The van der Waals surface area contributed by atoms with E-state index in [1.165, 1.54) is 38.0 Å². The number of para-hydroxylation sites is 2. The van der Waals surface area contributed by atoms with Crippen molar-refractivity contribution in [1.82, 2.24) is 4.40 Å². The Bertz CT molecular complexity index is 2310. The molecule has 4 heterocycles. The first-order chi connectivity index (χ1) is 19.8. The van der Waals surface area contributed by atoms with E-state index in [1.54, 1.807) is 0 Å². The van der Waals surface area contributed by atoms with Crippen molar-refractivity contribution in [3.63, 3.8) is 0 Å². The first kappa shape index (κ1) is 23.4. The van der Waals surface area contributed by atoms with Gasteiger partial charge in [0, 0.05) is 27.1 Å². The van der Waals surface area contributed by atoms with Crippen LogP contribution < -0.4 is 5.46 Å². The molecule has 9 rings (SSSR count). The van der Waals surface area contributed by atoms with Crippen LogP contribution in [0.3, 0.4) is 0 Å². The van der Waals surface area contributed by atoms with E-state index in [4.69, 9.17) is 13.7 Å². The third kappa shape index (κ3) is 2.97. The third-order valence-electron chi connectivity index (χ3n) is 9.59. The number of aromatic nitrogens is 1. The van der Waals surface area contributed by atoms with E-state index in [0.717, 1.165) is 38.7 Å². The van der Waals surface area contributed by atoms with Crippen LogP contribution in [0.2, 0.25) is 0 Å². The molecule has 1 aliphatic rings. The summed E-state index contributed by atoms with van der Waals surface area (Å²) in [4.78, 5) is 0. The van der Waals surface area contributed by atoms with Gasteiger partial charge in [-0.3, -0.25) is 0 Å². The van der Waals surface area contributed by atoms with E-state index in [9.17, 15) is 0 Å². The van der Waals surface area contributed by atoms with Crippen molar-refractivity contribution >= 4 is 72.6 Å². The van der Waals surface area contributed by atoms with Crippen molar-refractivity contribution in [2.45, 2.75) is 38.9 Å². The molecule has 3 aromatic heterocycles. The van der Waals surface area contributed by atoms with Crippen molar-refractivity contribution in [3.8, 4) is 11.1 Å². The summed E-state index contributed by atoms with van der Waals surface area (Å²) < 4.78 is 21.6. The summed E-state index contributed by atoms with van der Waals surface area (Å²) in [6.45, 7) is 8.36. The molecule has 0 amide bonds. The fourth-order valence-electron chi connectivity index (χ4n) is 6.85. The third-order valence-corrected chi connectivity index (χ3v) is 9.59. The van der Waals surface area contributed by atoms with E-state index >= 15 is 0 Å². The molecule has 8 aromatic rings. The van der Waals surface area contributed by atoms with Crippen LogP contribution in [0.4, 0.5) is 0 Å². The van der Waals surface area contributed by atoms with Gasteiger partial charge in [-0.2, -0.15) is 0 Å². The summed E-state index contributed by atoms with van der Waals surface area (Å²) in [6.07, 6.45) is 0. The average Bonchev–Trinajstić information content (AvgIpc) is 3.55.